The Kier molecular flexibility index (Phi) is 7.63. The Hall–Kier alpha value is -2.34. The van der Waals surface area contributed by atoms with Crippen LogP contribution >= 0.6 is 19.0 Å². The van der Waals surface area contributed by atoms with E-state index < -0.39 is 43.6 Å². The zero-order valence-corrected chi connectivity index (χ0v) is 16.5. The first kappa shape index (κ1) is 22.0. The summed E-state index contributed by atoms with van der Waals surface area (Å²) in [5.41, 5.74) is 1.02. The second-order valence-electron chi connectivity index (χ2n) is 6.37. The third kappa shape index (κ3) is 6.37. The predicted molar refractivity (Wildman–Crippen MR) is 107 cm³/mol. The van der Waals surface area contributed by atoms with E-state index in [0.717, 1.165) is 0 Å². The lowest BCUT2D eigenvalue weighted by atomic mass is 10.1. The van der Waals surface area contributed by atoms with Gasteiger partial charge in [-0.1, -0.05) is 48.0 Å². The Morgan fingerprint density at radius 3 is 2.32 bits per heavy atom. The zero-order chi connectivity index (χ0) is 20.7. The SMILES string of the molecule is O=C(O)CCC(CP(=O)(O)C(Nc1cccc(Cl)c1)c1ccccc1)C(=O)O. The molecule has 0 aliphatic carbocycles. The maximum atomic E-state index is 13.2. The first-order valence-electron chi connectivity index (χ1n) is 8.52. The highest BCUT2D eigenvalue weighted by Crippen LogP contribution is 2.57. The molecule has 28 heavy (non-hydrogen) atoms. The highest BCUT2D eigenvalue weighted by atomic mass is 35.5. The van der Waals surface area contributed by atoms with Crippen LogP contribution < -0.4 is 5.32 Å². The molecule has 0 radical (unpaired) electrons. The number of hydrogen-bond donors (Lipinski definition) is 4. The van der Waals surface area contributed by atoms with Crippen molar-refractivity contribution in [2.45, 2.75) is 18.6 Å². The van der Waals surface area contributed by atoms with E-state index in [4.69, 9.17) is 16.7 Å². The predicted octanol–water partition coefficient (Wildman–Crippen LogP) is 4.29. The number of hydrogen-bond acceptors (Lipinski definition) is 4. The highest BCUT2D eigenvalue weighted by Gasteiger charge is 2.37. The molecule has 0 amide bonds. The van der Waals surface area contributed by atoms with Crippen LogP contribution in [-0.4, -0.2) is 33.2 Å². The van der Waals surface area contributed by atoms with Gasteiger partial charge in [0.2, 0.25) is 7.37 Å². The summed E-state index contributed by atoms with van der Waals surface area (Å²) in [6, 6.07) is 15.1. The van der Waals surface area contributed by atoms with Crippen molar-refractivity contribution in [1.82, 2.24) is 0 Å². The fourth-order valence-electron chi connectivity index (χ4n) is 2.80. The van der Waals surface area contributed by atoms with Crippen molar-refractivity contribution in [1.29, 1.82) is 0 Å². The summed E-state index contributed by atoms with van der Waals surface area (Å²) in [6.07, 6.45) is -1.18. The molecule has 3 atom stereocenters. The van der Waals surface area contributed by atoms with E-state index in [-0.39, 0.29) is 6.42 Å². The molecular weight excluding hydrogens is 405 g/mol. The molecule has 150 valence electrons. The highest BCUT2D eigenvalue weighted by molar-refractivity contribution is 7.58. The molecule has 0 aliphatic rings. The van der Waals surface area contributed by atoms with E-state index in [1.165, 1.54) is 0 Å². The molecular formula is C19H21ClNO6P. The summed E-state index contributed by atoms with van der Waals surface area (Å²) in [7, 11) is -4.10. The molecule has 2 aromatic carbocycles. The minimum Gasteiger partial charge on any atom is -0.481 e. The lowest BCUT2D eigenvalue weighted by Crippen LogP contribution is -2.23. The largest absolute Gasteiger partial charge is 0.481 e. The monoisotopic (exact) mass is 425 g/mol. The second kappa shape index (κ2) is 9.73. The Bertz CT molecular complexity index is 876. The molecule has 3 unspecified atom stereocenters. The molecule has 0 fully saturated rings. The molecule has 0 saturated carbocycles. The van der Waals surface area contributed by atoms with Crippen molar-refractivity contribution in [3.63, 3.8) is 0 Å². The van der Waals surface area contributed by atoms with E-state index in [9.17, 15) is 24.2 Å². The van der Waals surface area contributed by atoms with Crippen molar-refractivity contribution in [2.24, 2.45) is 5.92 Å². The Labute approximate surface area is 167 Å². The van der Waals surface area contributed by atoms with Gasteiger partial charge in [-0.3, -0.25) is 14.2 Å². The third-order valence-electron chi connectivity index (χ3n) is 4.18. The molecule has 0 aromatic heterocycles. The van der Waals surface area contributed by atoms with E-state index in [2.05, 4.69) is 5.32 Å². The summed E-state index contributed by atoms with van der Waals surface area (Å²) in [5, 5.41) is 21.6. The molecule has 0 aliphatic heterocycles. The summed E-state index contributed by atoms with van der Waals surface area (Å²) in [6.45, 7) is 0. The van der Waals surface area contributed by atoms with Crippen LogP contribution in [0.25, 0.3) is 0 Å². The van der Waals surface area contributed by atoms with Crippen LogP contribution in [0.5, 0.6) is 0 Å². The Balaban J connectivity index is 2.33. The quantitative estimate of drug-likeness (QED) is 0.418. The van der Waals surface area contributed by atoms with Gasteiger partial charge in [-0.05, 0) is 30.2 Å². The molecule has 0 spiro atoms. The second-order valence-corrected chi connectivity index (χ2v) is 9.20. The molecule has 2 rings (SSSR count). The van der Waals surface area contributed by atoms with Crippen molar-refractivity contribution in [3.05, 3.63) is 65.2 Å². The summed E-state index contributed by atoms with van der Waals surface area (Å²) >= 11 is 5.98. The molecule has 9 heteroatoms. The molecule has 7 nitrogen and oxygen atoms in total. The number of halogens is 1. The van der Waals surface area contributed by atoms with Crippen LogP contribution in [0.4, 0.5) is 5.69 Å². The van der Waals surface area contributed by atoms with Crippen LogP contribution in [0, 0.1) is 5.92 Å². The van der Waals surface area contributed by atoms with E-state index in [0.29, 0.717) is 16.3 Å². The van der Waals surface area contributed by atoms with Crippen LogP contribution in [0.2, 0.25) is 5.02 Å². The standard InChI is InChI=1S/C19H21ClNO6P/c20-15-7-4-8-16(11-15)21-18(13-5-2-1-3-6-13)28(26,27)12-14(19(24)25)9-10-17(22)23/h1-8,11,14,18,21H,9-10,12H2,(H,22,23)(H,24,25)(H,26,27). The van der Waals surface area contributed by atoms with Gasteiger partial charge in [0.25, 0.3) is 0 Å². The topological polar surface area (TPSA) is 124 Å². The van der Waals surface area contributed by atoms with E-state index in [1.54, 1.807) is 54.6 Å². The first-order chi connectivity index (χ1) is 13.2. The molecule has 0 heterocycles. The number of carbonyl (C=O) groups is 2. The number of anilines is 1. The van der Waals surface area contributed by atoms with Crippen LogP contribution in [0.1, 0.15) is 24.2 Å². The van der Waals surface area contributed by atoms with Crippen molar-refractivity contribution < 1.29 is 29.3 Å². The van der Waals surface area contributed by atoms with Gasteiger partial charge in [0.05, 0.1) is 5.92 Å². The molecule has 4 N–H and O–H groups in total. The van der Waals surface area contributed by atoms with Crippen LogP contribution in [0.3, 0.4) is 0 Å². The van der Waals surface area contributed by atoms with Gasteiger partial charge in [-0.2, -0.15) is 0 Å². The number of aliphatic carboxylic acids is 2. The van der Waals surface area contributed by atoms with Gasteiger partial charge in [-0.15, -0.1) is 0 Å². The normalized spacial score (nSPS) is 15.2. The maximum absolute atomic E-state index is 13.2. The third-order valence-corrected chi connectivity index (χ3v) is 6.62. The summed E-state index contributed by atoms with van der Waals surface area (Å²) in [5.74, 6) is -4.78. The smallest absolute Gasteiger partial charge is 0.307 e. The van der Waals surface area contributed by atoms with Gasteiger partial charge in [0.1, 0.15) is 5.78 Å². The van der Waals surface area contributed by atoms with Gasteiger partial charge in [-0.25, -0.2) is 0 Å². The van der Waals surface area contributed by atoms with Crippen molar-refractivity contribution in [2.75, 3.05) is 11.5 Å². The van der Waals surface area contributed by atoms with Gasteiger partial charge >= 0.3 is 11.9 Å². The summed E-state index contributed by atoms with van der Waals surface area (Å²) < 4.78 is 13.2. The lowest BCUT2D eigenvalue weighted by Gasteiger charge is -2.27. The van der Waals surface area contributed by atoms with Gasteiger partial charge in [0, 0.05) is 23.3 Å². The number of carboxylic acid groups (broad SMARTS) is 2. The molecule has 0 bridgehead atoms. The molecule has 0 saturated heterocycles. The number of nitrogens with one attached hydrogen (secondary N) is 1. The minimum atomic E-state index is -4.10. The number of rotatable bonds is 10. The first-order valence-corrected chi connectivity index (χ1v) is 10.8. The average molecular weight is 426 g/mol. The van der Waals surface area contributed by atoms with Gasteiger partial charge < -0.3 is 20.4 Å². The fourth-order valence-corrected chi connectivity index (χ4v) is 5.16. The lowest BCUT2D eigenvalue weighted by molar-refractivity contribution is -0.142. The van der Waals surface area contributed by atoms with E-state index >= 15 is 0 Å². The Morgan fingerprint density at radius 1 is 1.07 bits per heavy atom. The Morgan fingerprint density at radius 2 is 1.75 bits per heavy atom. The van der Waals surface area contributed by atoms with Crippen molar-refractivity contribution >= 4 is 36.6 Å². The average Bonchev–Trinajstić information content (AvgIpc) is 2.63. The van der Waals surface area contributed by atoms with Gasteiger partial charge in [0.15, 0.2) is 0 Å². The van der Waals surface area contributed by atoms with E-state index in [1.807, 2.05) is 0 Å². The fraction of sp³-hybridized carbons (Fsp3) is 0.263. The minimum absolute atomic E-state index is 0.228. The maximum Gasteiger partial charge on any atom is 0.307 e. The summed E-state index contributed by atoms with van der Waals surface area (Å²) in [4.78, 5) is 33.1. The number of carboxylic acids is 2. The van der Waals surface area contributed by atoms with Crippen LogP contribution in [0.15, 0.2) is 54.6 Å². The molecule has 2 aromatic rings. The zero-order valence-electron chi connectivity index (χ0n) is 14.9. The number of benzene rings is 2. The van der Waals surface area contributed by atoms with Crippen molar-refractivity contribution in [3.8, 4) is 0 Å². The van der Waals surface area contributed by atoms with Crippen LogP contribution in [-0.2, 0) is 14.2 Å².